The molecular formula is C16H18N2O2. The quantitative estimate of drug-likeness (QED) is 0.923. The van der Waals surface area contributed by atoms with E-state index in [1.54, 1.807) is 16.7 Å². The molecule has 4 nitrogen and oxygen atoms in total. The molecule has 0 saturated heterocycles. The van der Waals surface area contributed by atoms with Crippen molar-refractivity contribution in [2.24, 2.45) is 0 Å². The van der Waals surface area contributed by atoms with E-state index in [-0.39, 0.29) is 5.56 Å². The number of hydrogen-bond acceptors (Lipinski definition) is 3. The highest BCUT2D eigenvalue weighted by Crippen LogP contribution is 2.31. The molecule has 1 N–H and O–H groups in total. The number of ether oxygens (including phenoxy) is 1. The molecule has 2 heterocycles. The molecule has 1 atom stereocenters. The number of hydrogen-bond donors (Lipinski definition) is 1. The van der Waals surface area contributed by atoms with Gasteiger partial charge in [-0.05, 0) is 12.1 Å². The van der Waals surface area contributed by atoms with Gasteiger partial charge in [0.15, 0.2) is 0 Å². The van der Waals surface area contributed by atoms with Crippen LogP contribution in [-0.4, -0.2) is 17.7 Å². The fraction of sp³-hybridized carbons (Fsp3) is 0.312. The van der Waals surface area contributed by atoms with E-state index in [0.717, 1.165) is 25.3 Å². The molecular weight excluding hydrogens is 252 g/mol. The highest BCUT2D eigenvalue weighted by atomic mass is 16.5. The lowest BCUT2D eigenvalue weighted by Crippen LogP contribution is -2.31. The van der Waals surface area contributed by atoms with Crippen LogP contribution in [0.3, 0.4) is 0 Å². The average molecular weight is 270 g/mol. The fourth-order valence-electron chi connectivity index (χ4n) is 2.56. The molecule has 0 aliphatic carbocycles. The monoisotopic (exact) mass is 270 g/mol. The highest BCUT2D eigenvalue weighted by Gasteiger charge is 2.19. The minimum atomic E-state index is 0.0432. The zero-order valence-electron chi connectivity index (χ0n) is 11.3. The van der Waals surface area contributed by atoms with Crippen molar-refractivity contribution < 1.29 is 4.74 Å². The van der Waals surface area contributed by atoms with Gasteiger partial charge in [0.05, 0.1) is 6.61 Å². The van der Waals surface area contributed by atoms with Crippen LogP contribution >= 0.6 is 0 Å². The maximum atomic E-state index is 11.6. The predicted molar refractivity (Wildman–Crippen MR) is 78.0 cm³/mol. The number of aromatic nitrogens is 1. The number of nitrogens with one attached hydrogen (secondary N) is 1. The van der Waals surface area contributed by atoms with Gasteiger partial charge in [0.1, 0.15) is 5.75 Å². The second-order valence-electron chi connectivity index (χ2n) is 4.91. The summed E-state index contributed by atoms with van der Waals surface area (Å²) in [6, 6.07) is 13.7. The minimum absolute atomic E-state index is 0.0432. The highest BCUT2D eigenvalue weighted by molar-refractivity contribution is 5.37. The number of para-hydroxylation sites is 1. The summed E-state index contributed by atoms with van der Waals surface area (Å²) < 4.78 is 7.36. The van der Waals surface area contributed by atoms with E-state index in [1.165, 1.54) is 5.56 Å². The van der Waals surface area contributed by atoms with Crippen LogP contribution in [0.4, 0.5) is 0 Å². The lowest BCUT2D eigenvalue weighted by atomic mass is 10.0. The third-order valence-corrected chi connectivity index (χ3v) is 3.60. The maximum absolute atomic E-state index is 11.6. The van der Waals surface area contributed by atoms with Crippen molar-refractivity contribution >= 4 is 0 Å². The van der Waals surface area contributed by atoms with Gasteiger partial charge in [-0.15, -0.1) is 0 Å². The van der Waals surface area contributed by atoms with Crippen LogP contribution in [0.5, 0.6) is 5.75 Å². The largest absolute Gasteiger partial charge is 0.493 e. The Bertz CT molecular complexity index is 636. The van der Waals surface area contributed by atoms with Gasteiger partial charge in [-0.1, -0.05) is 24.3 Å². The zero-order chi connectivity index (χ0) is 13.8. The van der Waals surface area contributed by atoms with Crippen molar-refractivity contribution in [3.05, 3.63) is 64.6 Å². The van der Waals surface area contributed by atoms with Crippen molar-refractivity contribution in [2.45, 2.75) is 19.0 Å². The second-order valence-corrected chi connectivity index (χ2v) is 4.91. The lowest BCUT2D eigenvalue weighted by molar-refractivity contribution is 0.252. The smallest absolute Gasteiger partial charge is 0.250 e. The summed E-state index contributed by atoms with van der Waals surface area (Å²) in [6.45, 7) is 2.18. The van der Waals surface area contributed by atoms with Gasteiger partial charge >= 0.3 is 0 Å². The van der Waals surface area contributed by atoms with Crippen molar-refractivity contribution in [2.75, 3.05) is 13.2 Å². The zero-order valence-corrected chi connectivity index (χ0v) is 11.3. The van der Waals surface area contributed by atoms with E-state index in [9.17, 15) is 4.79 Å². The Morgan fingerprint density at radius 2 is 2.05 bits per heavy atom. The molecule has 20 heavy (non-hydrogen) atoms. The van der Waals surface area contributed by atoms with Gasteiger partial charge in [0, 0.05) is 43.4 Å². The second kappa shape index (κ2) is 5.92. The van der Waals surface area contributed by atoms with Gasteiger partial charge in [-0.3, -0.25) is 4.79 Å². The number of rotatable bonds is 4. The molecule has 1 aromatic carbocycles. The summed E-state index contributed by atoms with van der Waals surface area (Å²) in [6.07, 6.45) is 2.78. The van der Waals surface area contributed by atoms with Crippen LogP contribution in [0, 0.1) is 0 Å². The molecule has 0 radical (unpaired) electrons. The molecule has 1 aliphatic heterocycles. The number of fused-ring (bicyclic) bond motifs is 1. The van der Waals surface area contributed by atoms with Crippen LogP contribution in [0.15, 0.2) is 53.5 Å². The van der Waals surface area contributed by atoms with Gasteiger partial charge in [-0.25, -0.2) is 0 Å². The Balaban J connectivity index is 1.63. The molecule has 0 bridgehead atoms. The van der Waals surface area contributed by atoms with Crippen molar-refractivity contribution in [1.82, 2.24) is 9.88 Å². The summed E-state index contributed by atoms with van der Waals surface area (Å²) in [5, 5.41) is 3.51. The van der Waals surface area contributed by atoms with Gasteiger partial charge in [0.2, 0.25) is 0 Å². The summed E-state index contributed by atoms with van der Waals surface area (Å²) in [7, 11) is 0. The molecule has 1 aromatic heterocycles. The van der Waals surface area contributed by atoms with Crippen molar-refractivity contribution in [3.8, 4) is 5.75 Å². The summed E-state index contributed by atoms with van der Waals surface area (Å²) in [4.78, 5) is 11.6. The van der Waals surface area contributed by atoms with Gasteiger partial charge in [-0.2, -0.15) is 0 Å². The van der Waals surface area contributed by atoms with E-state index in [1.807, 2.05) is 30.5 Å². The lowest BCUT2D eigenvalue weighted by Gasteiger charge is -2.26. The van der Waals surface area contributed by atoms with Crippen LogP contribution in [0.25, 0.3) is 0 Å². The molecule has 0 saturated carbocycles. The molecule has 1 aliphatic rings. The first-order valence-electron chi connectivity index (χ1n) is 6.95. The Morgan fingerprint density at radius 1 is 1.20 bits per heavy atom. The molecule has 4 heteroatoms. The number of benzene rings is 1. The van der Waals surface area contributed by atoms with Gasteiger partial charge in [0.25, 0.3) is 5.56 Å². The molecule has 0 amide bonds. The van der Waals surface area contributed by atoms with Crippen LogP contribution in [0.1, 0.15) is 18.0 Å². The average Bonchev–Trinajstić information content (AvgIpc) is 2.49. The standard InChI is InChI=1S/C16H18N2O2/c19-16-7-3-4-10-18(16)11-9-17-14-8-12-20-15-6-2-1-5-13(14)15/h1-7,10,14,17H,8-9,11-12H2. The van der Waals surface area contributed by atoms with E-state index >= 15 is 0 Å². The maximum Gasteiger partial charge on any atom is 0.250 e. The topological polar surface area (TPSA) is 43.3 Å². The predicted octanol–water partition coefficient (Wildman–Crippen LogP) is 1.96. The minimum Gasteiger partial charge on any atom is -0.493 e. The Labute approximate surface area is 118 Å². The number of pyridine rings is 1. The van der Waals surface area contributed by atoms with Crippen LogP contribution < -0.4 is 15.6 Å². The Hall–Kier alpha value is -2.07. The van der Waals surface area contributed by atoms with Gasteiger partial charge < -0.3 is 14.6 Å². The summed E-state index contributed by atoms with van der Waals surface area (Å²) >= 11 is 0. The van der Waals surface area contributed by atoms with E-state index in [2.05, 4.69) is 11.4 Å². The van der Waals surface area contributed by atoms with E-state index in [4.69, 9.17) is 4.74 Å². The van der Waals surface area contributed by atoms with E-state index in [0.29, 0.717) is 12.6 Å². The first kappa shape index (κ1) is 12.9. The molecule has 3 rings (SSSR count). The van der Waals surface area contributed by atoms with E-state index < -0.39 is 0 Å². The molecule has 104 valence electrons. The Kier molecular flexibility index (Phi) is 3.83. The molecule has 2 aromatic rings. The summed E-state index contributed by atoms with van der Waals surface area (Å²) in [5.41, 5.74) is 1.25. The molecule has 1 unspecified atom stereocenters. The van der Waals surface area contributed by atoms with Crippen molar-refractivity contribution in [1.29, 1.82) is 0 Å². The number of nitrogens with zero attached hydrogens (tertiary/aromatic N) is 1. The first-order valence-corrected chi connectivity index (χ1v) is 6.95. The summed E-state index contributed by atoms with van der Waals surface area (Å²) in [5.74, 6) is 0.966. The van der Waals surface area contributed by atoms with Crippen molar-refractivity contribution in [3.63, 3.8) is 0 Å². The first-order chi connectivity index (χ1) is 9.84. The van der Waals surface area contributed by atoms with Crippen LogP contribution in [-0.2, 0) is 6.54 Å². The third-order valence-electron chi connectivity index (χ3n) is 3.60. The van der Waals surface area contributed by atoms with Crippen LogP contribution in [0.2, 0.25) is 0 Å². The Morgan fingerprint density at radius 3 is 2.95 bits per heavy atom. The fourth-order valence-corrected chi connectivity index (χ4v) is 2.56. The molecule has 0 fully saturated rings. The third kappa shape index (κ3) is 2.75. The normalized spacial score (nSPS) is 17.3. The molecule has 0 spiro atoms. The SMILES string of the molecule is O=c1ccccn1CCNC1CCOc2ccccc21.